The van der Waals surface area contributed by atoms with Crippen molar-refractivity contribution < 1.29 is 9.32 Å². The molecule has 1 aliphatic rings. The van der Waals surface area contributed by atoms with E-state index in [0.717, 1.165) is 48.8 Å². The van der Waals surface area contributed by atoms with Crippen molar-refractivity contribution in [1.82, 2.24) is 20.4 Å². The Kier molecular flexibility index (Phi) is 6.22. The number of carbonyl (C=O) groups excluding carboxylic acids is 1. The van der Waals surface area contributed by atoms with Crippen LogP contribution in [0.4, 0.5) is 0 Å². The molecule has 2 aromatic heterocycles. The summed E-state index contributed by atoms with van der Waals surface area (Å²) in [7, 11) is 0. The maximum absolute atomic E-state index is 12.4. The Morgan fingerprint density at radius 3 is 2.76 bits per heavy atom. The highest BCUT2D eigenvalue weighted by Crippen LogP contribution is 2.27. The molecule has 1 aliphatic heterocycles. The molecule has 3 aromatic rings. The van der Waals surface area contributed by atoms with E-state index in [9.17, 15) is 4.79 Å². The van der Waals surface area contributed by atoms with E-state index in [4.69, 9.17) is 16.1 Å². The summed E-state index contributed by atoms with van der Waals surface area (Å²) in [5.41, 5.74) is 3.07. The predicted octanol–water partition coefficient (Wildman–Crippen LogP) is 4.03. The number of likely N-dealkylation sites (tertiary alicyclic amines) is 1. The molecule has 0 saturated carbocycles. The SMILES string of the molecule is O=C(NCc1ccncc1)c1cc([C@@H]2CCCN(Cc3ccc(Cl)cc3)C2)no1. The second kappa shape index (κ2) is 9.20. The summed E-state index contributed by atoms with van der Waals surface area (Å²) in [6.07, 6.45) is 5.54. The zero-order chi connectivity index (χ0) is 20.1. The molecule has 1 saturated heterocycles. The highest BCUT2D eigenvalue weighted by Gasteiger charge is 2.25. The van der Waals surface area contributed by atoms with Crippen molar-refractivity contribution in [3.63, 3.8) is 0 Å². The Morgan fingerprint density at radius 2 is 1.97 bits per heavy atom. The van der Waals surface area contributed by atoms with Gasteiger partial charge in [0.15, 0.2) is 0 Å². The quantitative estimate of drug-likeness (QED) is 0.664. The number of hydrogen-bond acceptors (Lipinski definition) is 5. The van der Waals surface area contributed by atoms with Gasteiger partial charge in [0.2, 0.25) is 5.76 Å². The van der Waals surface area contributed by atoms with E-state index in [1.807, 2.05) is 24.3 Å². The molecular formula is C22H23ClN4O2. The first kappa shape index (κ1) is 19.6. The van der Waals surface area contributed by atoms with E-state index in [0.29, 0.717) is 6.54 Å². The van der Waals surface area contributed by atoms with Gasteiger partial charge in [-0.25, -0.2) is 0 Å². The predicted molar refractivity (Wildman–Crippen MR) is 111 cm³/mol. The summed E-state index contributed by atoms with van der Waals surface area (Å²) in [5, 5.41) is 7.79. The van der Waals surface area contributed by atoms with Crippen LogP contribution in [0.3, 0.4) is 0 Å². The first-order valence-electron chi connectivity index (χ1n) is 9.78. The Labute approximate surface area is 174 Å². The maximum atomic E-state index is 12.4. The molecular weight excluding hydrogens is 388 g/mol. The fourth-order valence-electron chi connectivity index (χ4n) is 3.65. The molecule has 4 rings (SSSR count). The van der Waals surface area contributed by atoms with Crippen LogP contribution in [0.25, 0.3) is 0 Å². The zero-order valence-electron chi connectivity index (χ0n) is 16.1. The lowest BCUT2D eigenvalue weighted by Crippen LogP contribution is -2.34. The third kappa shape index (κ3) is 5.22. The Balaban J connectivity index is 1.34. The maximum Gasteiger partial charge on any atom is 0.290 e. The summed E-state index contributed by atoms with van der Waals surface area (Å²) in [6.45, 7) is 3.25. The van der Waals surface area contributed by atoms with Gasteiger partial charge in [0.1, 0.15) is 0 Å². The molecule has 3 heterocycles. The second-order valence-electron chi connectivity index (χ2n) is 7.35. The van der Waals surface area contributed by atoms with Crippen molar-refractivity contribution in [2.45, 2.75) is 31.8 Å². The van der Waals surface area contributed by atoms with Crippen LogP contribution in [-0.2, 0) is 13.1 Å². The van der Waals surface area contributed by atoms with Gasteiger partial charge in [0.25, 0.3) is 5.91 Å². The van der Waals surface area contributed by atoms with Gasteiger partial charge in [-0.15, -0.1) is 0 Å². The minimum Gasteiger partial charge on any atom is -0.351 e. The van der Waals surface area contributed by atoms with Gasteiger partial charge < -0.3 is 9.84 Å². The fraction of sp³-hybridized carbons (Fsp3) is 0.318. The number of nitrogens with zero attached hydrogens (tertiary/aromatic N) is 3. The van der Waals surface area contributed by atoms with E-state index >= 15 is 0 Å². The van der Waals surface area contributed by atoms with Gasteiger partial charge in [-0.1, -0.05) is 28.9 Å². The topological polar surface area (TPSA) is 71.3 Å². The van der Waals surface area contributed by atoms with Crippen LogP contribution in [0.1, 0.15) is 46.1 Å². The van der Waals surface area contributed by atoms with E-state index in [1.165, 1.54) is 5.56 Å². The first-order chi connectivity index (χ1) is 14.2. The molecule has 1 amide bonds. The minimum absolute atomic E-state index is 0.254. The Hall–Kier alpha value is -2.70. The molecule has 1 fully saturated rings. The average molecular weight is 411 g/mol. The highest BCUT2D eigenvalue weighted by atomic mass is 35.5. The lowest BCUT2D eigenvalue weighted by atomic mass is 9.94. The molecule has 29 heavy (non-hydrogen) atoms. The first-order valence-corrected chi connectivity index (χ1v) is 10.2. The van der Waals surface area contributed by atoms with Crippen molar-refractivity contribution in [3.8, 4) is 0 Å². The Bertz CT molecular complexity index is 943. The van der Waals surface area contributed by atoms with Crippen molar-refractivity contribution in [2.75, 3.05) is 13.1 Å². The van der Waals surface area contributed by atoms with Crippen LogP contribution in [-0.4, -0.2) is 34.0 Å². The fourth-order valence-corrected chi connectivity index (χ4v) is 3.77. The van der Waals surface area contributed by atoms with Crippen molar-refractivity contribution in [2.24, 2.45) is 0 Å². The summed E-state index contributed by atoms with van der Waals surface area (Å²) in [4.78, 5) is 18.7. The van der Waals surface area contributed by atoms with Crippen molar-refractivity contribution >= 4 is 17.5 Å². The number of halogens is 1. The van der Waals surface area contributed by atoms with Crippen LogP contribution in [0.5, 0.6) is 0 Å². The third-order valence-electron chi connectivity index (χ3n) is 5.20. The minimum atomic E-state index is -0.255. The summed E-state index contributed by atoms with van der Waals surface area (Å²) in [6, 6.07) is 13.5. The smallest absolute Gasteiger partial charge is 0.290 e. The zero-order valence-corrected chi connectivity index (χ0v) is 16.8. The highest BCUT2D eigenvalue weighted by molar-refractivity contribution is 6.30. The van der Waals surface area contributed by atoms with Crippen LogP contribution in [0.2, 0.25) is 5.02 Å². The second-order valence-corrected chi connectivity index (χ2v) is 7.79. The lowest BCUT2D eigenvalue weighted by Gasteiger charge is -2.31. The molecule has 0 radical (unpaired) electrons. The van der Waals surface area contributed by atoms with Crippen LogP contribution in [0.15, 0.2) is 59.4 Å². The summed E-state index contributed by atoms with van der Waals surface area (Å²) in [5.74, 6) is 0.264. The van der Waals surface area contributed by atoms with Crippen LogP contribution >= 0.6 is 11.6 Å². The van der Waals surface area contributed by atoms with Gasteiger partial charge in [-0.05, 0) is 54.8 Å². The number of piperidine rings is 1. The number of hydrogen-bond donors (Lipinski definition) is 1. The molecule has 6 nitrogen and oxygen atoms in total. The molecule has 1 aromatic carbocycles. The van der Waals surface area contributed by atoms with Gasteiger partial charge in [-0.3, -0.25) is 14.7 Å². The molecule has 1 atom stereocenters. The number of nitrogens with one attached hydrogen (secondary N) is 1. The largest absolute Gasteiger partial charge is 0.351 e. The molecule has 7 heteroatoms. The number of benzene rings is 1. The standard InChI is InChI=1S/C22H23ClN4O2/c23-19-5-3-17(4-6-19)14-27-11-1-2-18(15-27)20-12-21(29-26-20)22(28)25-13-16-7-9-24-10-8-16/h3-10,12,18H,1-2,11,13-15H2,(H,25,28)/t18-/m1/s1. The van der Waals surface area contributed by atoms with E-state index < -0.39 is 0 Å². The molecule has 1 N–H and O–H groups in total. The number of rotatable bonds is 6. The number of aromatic nitrogens is 2. The summed E-state index contributed by atoms with van der Waals surface area (Å²) >= 11 is 5.97. The lowest BCUT2D eigenvalue weighted by molar-refractivity contribution is 0.0913. The molecule has 0 aliphatic carbocycles. The van der Waals surface area contributed by atoms with E-state index in [1.54, 1.807) is 18.5 Å². The van der Waals surface area contributed by atoms with Crippen molar-refractivity contribution in [1.29, 1.82) is 0 Å². The van der Waals surface area contributed by atoms with Gasteiger partial charge in [0, 0.05) is 49.0 Å². The molecule has 0 bridgehead atoms. The number of amides is 1. The van der Waals surface area contributed by atoms with Crippen molar-refractivity contribution in [3.05, 3.63) is 82.5 Å². The van der Waals surface area contributed by atoms with Gasteiger partial charge in [0.05, 0.1) is 5.69 Å². The van der Waals surface area contributed by atoms with Gasteiger partial charge in [-0.2, -0.15) is 0 Å². The number of pyridine rings is 1. The van der Waals surface area contributed by atoms with Crippen LogP contribution in [0, 0.1) is 0 Å². The summed E-state index contributed by atoms with van der Waals surface area (Å²) < 4.78 is 5.33. The number of carbonyl (C=O) groups is 1. The van der Waals surface area contributed by atoms with Crippen LogP contribution < -0.4 is 5.32 Å². The molecule has 150 valence electrons. The third-order valence-corrected chi connectivity index (χ3v) is 5.45. The van der Waals surface area contributed by atoms with Gasteiger partial charge >= 0.3 is 0 Å². The molecule has 0 spiro atoms. The molecule has 0 unspecified atom stereocenters. The average Bonchev–Trinajstić information content (AvgIpc) is 3.25. The Morgan fingerprint density at radius 1 is 1.17 bits per heavy atom. The van der Waals surface area contributed by atoms with E-state index in [-0.39, 0.29) is 17.6 Å². The normalized spacial score (nSPS) is 17.2. The monoisotopic (exact) mass is 410 g/mol. The van der Waals surface area contributed by atoms with E-state index in [2.05, 4.69) is 32.5 Å².